The number of rotatable bonds is 3. The summed E-state index contributed by atoms with van der Waals surface area (Å²) in [6.45, 7) is 8.62. The van der Waals surface area contributed by atoms with Gasteiger partial charge in [0.15, 0.2) is 0 Å². The van der Waals surface area contributed by atoms with Gasteiger partial charge in [0.1, 0.15) is 0 Å². The van der Waals surface area contributed by atoms with Crippen molar-refractivity contribution in [3.8, 4) is 28.6 Å². The Morgan fingerprint density at radius 3 is 1.55 bits per heavy atom. The maximum Gasteiger partial charge on any atom is 0.0998 e. The van der Waals surface area contributed by atoms with Crippen LogP contribution in [0.3, 0.4) is 0 Å². The van der Waals surface area contributed by atoms with Crippen molar-refractivity contribution in [2.24, 2.45) is 0 Å². The molecule has 0 saturated heterocycles. The Labute approximate surface area is 256 Å². The van der Waals surface area contributed by atoms with Crippen LogP contribution in [0.2, 0.25) is 0 Å². The van der Waals surface area contributed by atoms with E-state index in [1.54, 1.807) is 0 Å². The lowest BCUT2D eigenvalue weighted by atomic mass is 9.93. The van der Waals surface area contributed by atoms with Gasteiger partial charge >= 0.3 is 0 Å². The molecule has 0 unspecified atom stereocenters. The van der Waals surface area contributed by atoms with Gasteiger partial charge < -0.3 is 9.13 Å². The fraction of sp³-hybridized carbons (Fsp3) is 0.0976. The Balaban J connectivity index is 1.62. The van der Waals surface area contributed by atoms with Gasteiger partial charge in [0.25, 0.3) is 0 Å². The predicted octanol–water partition coefficient (Wildman–Crippen LogP) is 10.7. The summed E-state index contributed by atoms with van der Waals surface area (Å²) in [6, 6.07) is 43.8. The van der Waals surface area contributed by atoms with Crippen molar-refractivity contribution in [1.29, 1.82) is 5.26 Å². The number of nitrogens with zero attached hydrogens (tertiary/aromatic N) is 3. The molecule has 2 aromatic heterocycles. The molecule has 2 heterocycles. The highest BCUT2D eigenvalue weighted by atomic mass is 15.1. The fourth-order valence-electron chi connectivity index (χ4n) is 7.25. The summed E-state index contributed by atoms with van der Waals surface area (Å²) in [4.78, 5) is 0. The summed E-state index contributed by atoms with van der Waals surface area (Å²) >= 11 is 0. The quantitative estimate of drug-likeness (QED) is 0.210. The largest absolute Gasteiger partial charge is 0.307 e. The number of aryl methyl sites for hydroxylation is 4. The van der Waals surface area contributed by atoms with E-state index in [2.05, 4.69) is 158 Å². The summed E-state index contributed by atoms with van der Waals surface area (Å²) in [5, 5.41) is 15.5. The van der Waals surface area contributed by atoms with Crippen molar-refractivity contribution in [3.63, 3.8) is 0 Å². The first-order chi connectivity index (χ1) is 21.5. The minimum Gasteiger partial charge on any atom is -0.307 e. The van der Waals surface area contributed by atoms with Crippen LogP contribution < -0.4 is 0 Å². The standard InChI is InChI=1S/C41H31N3/c1-25-19-20-30(28(4)21-25)35-23-39(44-37-18-8-6-14-32(37)34-16-10-12-27(3)41(34)44)38(22-29(35)24-42)43-36-17-7-5-13-31(36)33-15-9-11-26(2)40(33)43/h5-23H,1-4H3. The van der Waals surface area contributed by atoms with Crippen LogP contribution in [0, 0.1) is 39.0 Å². The van der Waals surface area contributed by atoms with E-state index in [1.807, 2.05) is 0 Å². The lowest BCUT2D eigenvalue weighted by Gasteiger charge is -2.21. The summed E-state index contributed by atoms with van der Waals surface area (Å²) in [7, 11) is 0. The van der Waals surface area contributed by atoms with Crippen LogP contribution in [-0.4, -0.2) is 9.13 Å². The topological polar surface area (TPSA) is 33.6 Å². The average Bonchev–Trinajstić information content (AvgIpc) is 3.55. The number of fused-ring (bicyclic) bond motifs is 6. The minimum absolute atomic E-state index is 0.660. The fourth-order valence-corrected chi connectivity index (χ4v) is 7.25. The predicted molar refractivity (Wildman–Crippen MR) is 184 cm³/mol. The molecular formula is C41H31N3. The Bertz CT molecular complexity index is 2500. The third-order valence-corrected chi connectivity index (χ3v) is 9.18. The zero-order valence-electron chi connectivity index (χ0n) is 25.3. The van der Waals surface area contributed by atoms with Gasteiger partial charge in [0.05, 0.1) is 45.1 Å². The van der Waals surface area contributed by atoms with Crippen LogP contribution in [0.25, 0.3) is 66.1 Å². The van der Waals surface area contributed by atoms with Crippen LogP contribution >= 0.6 is 0 Å². The highest BCUT2D eigenvalue weighted by Gasteiger charge is 2.23. The first-order valence-electron chi connectivity index (χ1n) is 15.1. The molecule has 210 valence electrons. The van der Waals surface area contributed by atoms with Gasteiger partial charge in [-0.2, -0.15) is 5.26 Å². The Hall–Kier alpha value is -5.59. The molecule has 0 bridgehead atoms. The Morgan fingerprint density at radius 2 is 1.00 bits per heavy atom. The van der Waals surface area contributed by atoms with Gasteiger partial charge in [-0.1, -0.05) is 96.6 Å². The number of nitriles is 1. The second-order valence-corrected chi connectivity index (χ2v) is 12.0. The number of hydrogen-bond acceptors (Lipinski definition) is 1. The van der Waals surface area contributed by atoms with Gasteiger partial charge in [-0.3, -0.25) is 0 Å². The Morgan fingerprint density at radius 1 is 0.477 bits per heavy atom. The monoisotopic (exact) mass is 565 g/mol. The summed E-state index contributed by atoms with van der Waals surface area (Å²) in [6.07, 6.45) is 0. The molecule has 8 aromatic rings. The lowest BCUT2D eigenvalue weighted by Crippen LogP contribution is -2.06. The first-order valence-corrected chi connectivity index (χ1v) is 15.1. The first kappa shape index (κ1) is 26.1. The maximum absolute atomic E-state index is 10.7. The van der Waals surface area contributed by atoms with Gasteiger partial charge in [-0.15, -0.1) is 0 Å². The van der Waals surface area contributed by atoms with E-state index in [0.29, 0.717) is 5.56 Å². The second-order valence-electron chi connectivity index (χ2n) is 12.0. The van der Waals surface area contributed by atoms with Gasteiger partial charge in [0, 0.05) is 27.1 Å². The normalized spacial score (nSPS) is 11.6. The zero-order chi connectivity index (χ0) is 30.1. The van der Waals surface area contributed by atoms with Crippen LogP contribution in [0.15, 0.2) is 115 Å². The summed E-state index contributed by atoms with van der Waals surface area (Å²) in [5.41, 5.74) is 14.1. The van der Waals surface area contributed by atoms with Gasteiger partial charge in [0.2, 0.25) is 0 Å². The molecular weight excluding hydrogens is 534 g/mol. The smallest absolute Gasteiger partial charge is 0.0998 e. The highest BCUT2D eigenvalue weighted by molar-refractivity contribution is 6.12. The van der Waals surface area contributed by atoms with Crippen molar-refractivity contribution in [1.82, 2.24) is 9.13 Å². The van der Waals surface area contributed by atoms with E-state index in [4.69, 9.17) is 0 Å². The van der Waals surface area contributed by atoms with Crippen molar-refractivity contribution in [3.05, 3.63) is 143 Å². The van der Waals surface area contributed by atoms with E-state index in [0.717, 1.165) is 44.6 Å². The lowest BCUT2D eigenvalue weighted by molar-refractivity contribution is 1.08. The molecule has 8 rings (SSSR count). The van der Waals surface area contributed by atoms with E-state index < -0.39 is 0 Å². The maximum atomic E-state index is 10.7. The molecule has 0 fully saturated rings. The van der Waals surface area contributed by atoms with E-state index >= 15 is 0 Å². The molecule has 6 aromatic carbocycles. The molecule has 0 aliphatic rings. The molecule has 0 aliphatic carbocycles. The number of hydrogen-bond donors (Lipinski definition) is 0. The highest BCUT2D eigenvalue weighted by Crippen LogP contribution is 2.42. The molecule has 3 heteroatoms. The molecule has 0 aliphatic heterocycles. The molecule has 0 spiro atoms. The van der Waals surface area contributed by atoms with Crippen molar-refractivity contribution < 1.29 is 0 Å². The average molecular weight is 566 g/mol. The summed E-state index contributed by atoms with van der Waals surface area (Å²) < 4.78 is 4.79. The SMILES string of the molecule is Cc1ccc(-c2cc(-n3c4ccccc4c4cccc(C)c43)c(-n3c4ccccc4c4cccc(C)c43)cc2C#N)c(C)c1. The third-order valence-electron chi connectivity index (χ3n) is 9.18. The van der Waals surface area contributed by atoms with Crippen molar-refractivity contribution in [2.45, 2.75) is 27.7 Å². The number of aromatic nitrogens is 2. The molecule has 0 saturated carbocycles. The number of benzene rings is 6. The molecule has 3 nitrogen and oxygen atoms in total. The third kappa shape index (κ3) is 3.68. The van der Waals surface area contributed by atoms with Crippen LogP contribution in [0.4, 0.5) is 0 Å². The minimum atomic E-state index is 0.660. The summed E-state index contributed by atoms with van der Waals surface area (Å²) in [5.74, 6) is 0. The van der Waals surface area contributed by atoms with Crippen molar-refractivity contribution >= 4 is 43.6 Å². The van der Waals surface area contributed by atoms with Crippen LogP contribution in [0.5, 0.6) is 0 Å². The van der Waals surface area contributed by atoms with E-state index in [-0.39, 0.29) is 0 Å². The zero-order valence-corrected chi connectivity index (χ0v) is 25.3. The number of para-hydroxylation sites is 4. The molecule has 0 N–H and O–H groups in total. The van der Waals surface area contributed by atoms with Gasteiger partial charge in [-0.25, -0.2) is 0 Å². The second kappa shape index (κ2) is 9.73. The molecule has 0 amide bonds. The molecule has 44 heavy (non-hydrogen) atoms. The van der Waals surface area contributed by atoms with Gasteiger partial charge in [-0.05, 0) is 74.2 Å². The van der Waals surface area contributed by atoms with Crippen LogP contribution in [-0.2, 0) is 0 Å². The van der Waals surface area contributed by atoms with Crippen LogP contribution in [0.1, 0.15) is 27.8 Å². The van der Waals surface area contributed by atoms with E-state index in [1.165, 1.54) is 43.8 Å². The molecule has 0 radical (unpaired) electrons. The Kier molecular flexibility index (Phi) is 5.76. The van der Waals surface area contributed by atoms with E-state index in [9.17, 15) is 5.26 Å². The van der Waals surface area contributed by atoms with Crippen molar-refractivity contribution in [2.75, 3.05) is 0 Å². The molecule has 0 atom stereocenters.